The summed E-state index contributed by atoms with van der Waals surface area (Å²) in [5.41, 5.74) is 1.17. The third kappa shape index (κ3) is 2.62. The maximum atomic E-state index is 6.22. The highest BCUT2D eigenvalue weighted by atomic mass is 35.5. The first-order chi connectivity index (χ1) is 8.74. The van der Waals surface area contributed by atoms with Crippen molar-refractivity contribution in [2.24, 2.45) is 0 Å². The van der Waals surface area contributed by atoms with E-state index in [2.05, 4.69) is 28.2 Å². The summed E-state index contributed by atoms with van der Waals surface area (Å²) in [5.74, 6) is 1.08. The number of hydrogen-bond donors (Lipinski definition) is 1. The van der Waals surface area contributed by atoms with Crippen LogP contribution in [0.15, 0.2) is 12.3 Å². The molecule has 1 unspecified atom stereocenters. The van der Waals surface area contributed by atoms with E-state index in [4.69, 9.17) is 11.6 Å². The van der Waals surface area contributed by atoms with Crippen LogP contribution in [0.3, 0.4) is 0 Å². The molecule has 1 N–H and O–H groups in total. The van der Waals surface area contributed by atoms with Gasteiger partial charge in [0.2, 0.25) is 0 Å². The molecule has 1 saturated heterocycles. The average Bonchev–Trinajstić information content (AvgIpc) is 3.10. The molecule has 0 spiro atoms. The van der Waals surface area contributed by atoms with Gasteiger partial charge in [0.25, 0.3) is 0 Å². The van der Waals surface area contributed by atoms with Crippen LogP contribution in [0.2, 0.25) is 5.02 Å². The van der Waals surface area contributed by atoms with Gasteiger partial charge < -0.3 is 10.2 Å². The molecular weight excluding hydrogens is 246 g/mol. The lowest BCUT2D eigenvalue weighted by molar-refractivity contribution is 0.684. The Morgan fingerprint density at radius 3 is 2.94 bits per heavy atom. The van der Waals surface area contributed by atoms with Gasteiger partial charge in [0, 0.05) is 31.4 Å². The normalized spacial score (nSPS) is 23.7. The van der Waals surface area contributed by atoms with Crippen LogP contribution in [-0.4, -0.2) is 23.6 Å². The summed E-state index contributed by atoms with van der Waals surface area (Å²) in [7, 11) is 0. The number of nitrogens with one attached hydrogen (secondary N) is 1. The molecule has 4 heteroatoms. The minimum absolute atomic E-state index is 0.600. The molecular formula is C14H20ClN3. The Kier molecular flexibility index (Phi) is 3.44. The molecule has 2 fully saturated rings. The lowest BCUT2D eigenvalue weighted by Gasteiger charge is -2.23. The standard InChI is InChI=1S/C14H20ClN3/c1-10-3-2-6-18(10)14-7-11(13(15)9-17-14)8-16-12-4-5-12/h7,9-10,12,16H,2-6,8H2,1H3. The highest BCUT2D eigenvalue weighted by Gasteiger charge is 2.23. The van der Waals surface area contributed by atoms with Gasteiger partial charge in [-0.1, -0.05) is 11.6 Å². The second-order valence-corrected chi connectivity index (χ2v) is 5.88. The molecule has 1 aromatic heterocycles. The highest BCUT2D eigenvalue weighted by Crippen LogP contribution is 2.27. The van der Waals surface area contributed by atoms with Gasteiger partial charge >= 0.3 is 0 Å². The van der Waals surface area contributed by atoms with E-state index in [9.17, 15) is 0 Å². The topological polar surface area (TPSA) is 28.2 Å². The van der Waals surface area contributed by atoms with Crippen LogP contribution in [0.5, 0.6) is 0 Å². The summed E-state index contributed by atoms with van der Waals surface area (Å²) in [4.78, 5) is 6.87. The molecule has 3 nitrogen and oxygen atoms in total. The number of pyridine rings is 1. The predicted octanol–water partition coefficient (Wildman–Crippen LogP) is 2.98. The molecule has 0 radical (unpaired) electrons. The fraction of sp³-hybridized carbons (Fsp3) is 0.643. The Morgan fingerprint density at radius 1 is 1.44 bits per heavy atom. The fourth-order valence-electron chi connectivity index (χ4n) is 2.58. The number of hydrogen-bond acceptors (Lipinski definition) is 3. The zero-order chi connectivity index (χ0) is 12.5. The first-order valence-electron chi connectivity index (χ1n) is 6.88. The largest absolute Gasteiger partial charge is 0.354 e. The van der Waals surface area contributed by atoms with Crippen LogP contribution < -0.4 is 10.2 Å². The fourth-order valence-corrected chi connectivity index (χ4v) is 2.75. The Bertz CT molecular complexity index is 431. The third-order valence-corrected chi connectivity index (χ3v) is 4.27. The van der Waals surface area contributed by atoms with Crippen molar-refractivity contribution in [3.63, 3.8) is 0 Å². The highest BCUT2D eigenvalue weighted by molar-refractivity contribution is 6.31. The summed E-state index contributed by atoms with van der Waals surface area (Å²) in [6.07, 6.45) is 6.93. The van der Waals surface area contributed by atoms with E-state index in [0.717, 1.165) is 23.9 Å². The maximum Gasteiger partial charge on any atom is 0.129 e. The molecule has 0 bridgehead atoms. The second-order valence-electron chi connectivity index (χ2n) is 5.47. The van der Waals surface area contributed by atoms with Gasteiger partial charge in [-0.2, -0.15) is 0 Å². The van der Waals surface area contributed by atoms with E-state index in [-0.39, 0.29) is 0 Å². The SMILES string of the molecule is CC1CCCN1c1cc(CNC2CC2)c(Cl)cn1. The summed E-state index contributed by atoms with van der Waals surface area (Å²) < 4.78 is 0. The Labute approximate surface area is 114 Å². The zero-order valence-electron chi connectivity index (χ0n) is 10.8. The molecule has 1 aromatic rings. The molecule has 18 heavy (non-hydrogen) atoms. The van der Waals surface area contributed by atoms with Gasteiger partial charge in [-0.15, -0.1) is 0 Å². The van der Waals surface area contributed by atoms with Crippen molar-refractivity contribution in [2.75, 3.05) is 11.4 Å². The summed E-state index contributed by atoms with van der Waals surface area (Å²) in [5, 5.41) is 4.29. The molecule has 2 aliphatic rings. The molecule has 0 aromatic carbocycles. The maximum absolute atomic E-state index is 6.22. The van der Waals surface area contributed by atoms with Gasteiger partial charge in [0.1, 0.15) is 5.82 Å². The van der Waals surface area contributed by atoms with E-state index in [0.29, 0.717) is 12.1 Å². The van der Waals surface area contributed by atoms with E-state index in [1.165, 1.54) is 31.2 Å². The number of rotatable bonds is 4. The molecule has 2 heterocycles. The lowest BCUT2D eigenvalue weighted by atomic mass is 10.2. The second kappa shape index (κ2) is 5.06. The van der Waals surface area contributed by atoms with Crippen molar-refractivity contribution in [2.45, 2.75) is 51.2 Å². The molecule has 0 amide bonds. The smallest absolute Gasteiger partial charge is 0.129 e. The van der Waals surface area contributed by atoms with Gasteiger partial charge in [0.15, 0.2) is 0 Å². The lowest BCUT2D eigenvalue weighted by Crippen LogP contribution is -2.27. The van der Waals surface area contributed by atoms with Crippen molar-refractivity contribution in [3.05, 3.63) is 22.8 Å². The molecule has 1 atom stereocenters. The third-order valence-electron chi connectivity index (χ3n) is 3.93. The molecule has 1 aliphatic carbocycles. The van der Waals surface area contributed by atoms with Crippen LogP contribution in [0, 0.1) is 0 Å². The quantitative estimate of drug-likeness (QED) is 0.907. The van der Waals surface area contributed by atoms with Gasteiger partial charge in [-0.25, -0.2) is 4.98 Å². The van der Waals surface area contributed by atoms with E-state index < -0.39 is 0 Å². The Morgan fingerprint density at radius 2 is 2.28 bits per heavy atom. The van der Waals surface area contributed by atoms with Crippen LogP contribution in [0.25, 0.3) is 0 Å². The Balaban J connectivity index is 1.75. The summed E-state index contributed by atoms with van der Waals surface area (Å²) >= 11 is 6.22. The van der Waals surface area contributed by atoms with Crippen molar-refractivity contribution in [3.8, 4) is 0 Å². The van der Waals surface area contributed by atoms with Crippen molar-refractivity contribution in [1.82, 2.24) is 10.3 Å². The number of halogens is 1. The molecule has 98 valence electrons. The van der Waals surface area contributed by atoms with E-state index in [1.807, 2.05) is 0 Å². The predicted molar refractivity (Wildman–Crippen MR) is 75.2 cm³/mol. The number of anilines is 1. The first kappa shape index (κ1) is 12.2. The molecule has 1 saturated carbocycles. The van der Waals surface area contributed by atoms with Gasteiger partial charge in [0.05, 0.1) is 5.02 Å². The molecule has 1 aliphatic heterocycles. The summed E-state index contributed by atoms with van der Waals surface area (Å²) in [6.45, 7) is 4.25. The zero-order valence-corrected chi connectivity index (χ0v) is 11.6. The van der Waals surface area contributed by atoms with Crippen LogP contribution in [0.1, 0.15) is 38.2 Å². The van der Waals surface area contributed by atoms with E-state index in [1.54, 1.807) is 6.20 Å². The van der Waals surface area contributed by atoms with Crippen molar-refractivity contribution in [1.29, 1.82) is 0 Å². The monoisotopic (exact) mass is 265 g/mol. The van der Waals surface area contributed by atoms with Gasteiger partial charge in [-0.3, -0.25) is 0 Å². The Hall–Kier alpha value is -0.800. The average molecular weight is 266 g/mol. The first-order valence-corrected chi connectivity index (χ1v) is 7.26. The van der Waals surface area contributed by atoms with Crippen molar-refractivity contribution < 1.29 is 0 Å². The number of aromatic nitrogens is 1. The van der Waals surface area contributed by atoms with E-state index >= 15 is 0 Å². The van der Waals surface area contributed by atoms with Crippen LogP contribution >= 0.6 is 11.6 Å². The van der Waals surface area contributed by atoms with Crippen LogP contribution in [0.4, 0.5) is 5.82 Å². The number of nitrogens with zero attached hydrogens (tertiary/aromatic N) is 2. The molecule has 3 rings (SSSR count). The van der Waals surface area contributed by atoms with Crippen molar-refractivity contribution >= 4 is 17.4 Å². The summed E-state index contributed by atoms with van der Waals surface area (Å²) in [6, 6.07) is 3.46. The van der Waals surface area contributed by atoms with Gasteiger partial charge in [-0.05, 0) is 44.2 Å². The minimum Gasteiger partial charge on any atom is -0.354 e. The minimum atomic E-state index is 0.600. The van der Waals surface area contributed by atoms with Crippen LogP contribution in [-0.2, 0) is 6.54 Å².